The molecule has 0 aliphatic carbocycles. The maximum atomic E-state index is 12.2. The highest BCUT2D eigenvalue weighted by molar-refractivity contribution is 5.82. The van der Waals surface area contributed by atoms with Crippen LogP contribution in [0.3, 0.4) is 0 Å². The summed E-state index contributed by atoms with van der Waals surface area (Å²) in [5.41, 5.74) is -0.111. The van der Waals surface area contributed by atoms with E-state index in [1.165, 1.54) is 0 Å². The number of likely N-dealkylation sites (N-methyl/N-ethyl adjacent to an activating group) is 1. The molecule has 106 valence electrons. The third-order valence-electron chi connectivity index (χ3n) is 4.22. The summed E-state index contributed by atoms with van der Waals surface area (Å²) in [5, 5.41) is 6.49. The smallest absolute Gasteiger partial charge is 0.237 e. The number of nitrogens with zero attached hydrogens (tertiary/aromatic N) is 1. The molecule has 1 rings (SSSR count). The van der Waals surface area contributed by atoms with Crippen molar-refractivity contribution in [3.05, 3.63) is 0 Å². The van der Waals surface area contributed by atoms with Crippen LogP contribution in [0.2, 0.25) is 0 Å². The molecular formula is C14H29N3O. The summed E-state index contributed by atoms with van der Waals surface area (Å²) in [4.78, 5) is 14.5. The lowest BCUT2D eigenvalue weighted by atomic mass is 10.00. The molecule has 0 spiro atoms. The van der Waals surface area contributed by atoms with E-state index in [1.54, 1.807) is 0 Å². The van der Waals surface area contributed by atoms with Gasteiger partial charge in [0.25, 0.3) is 0 Å². The van der Waals surface area contributed by atoms with Crippen molar-refractivity contribution in [2.45, 2.75) is 64.6 Å². The summed E-state index contributed by atoms with van der Waals surface area (Å²) in [6.45, 7) is 10.4. The van der Waals surface area contributed by atoms with Gasteiger partial charge in [-0.05, 0) is 60.2 Å². The van der Waals surface area contributed by atoms with Gasteiger partial charge < -0.3 is 10.6 Å². The van der Waals surface area contributed by atoms with Gasteiger partial charge in [0.15, 0.2) is 0 Å². The Balaban J connectivity index is 2.51. The largest absolute Gasteiger partial charge is 0.350 e. The van der Waals surface area contributed by atoms with Crippen LogP contribution in [0, 0.1) is 0 Å². The van der Waals surface area contributed by atoms with Gasteiger partial charge in [0.1, 0.15) is 0 Å². The van der Waals surface area contributed by atoms with Crippen molar-refractivity contribution in [3.8, 4) is 0 Å². The standard InChI is InChI=1S/C14H29N3O/c1-6-14(3,4)16-13(18)11(2)17(5)12-7-9-15-10-8-12/h11-12,15H,6-10H2,1-5H3,(H,16,18). The average molecular weight is 255 g/mol. The van der Waals surface area contributed by atoms with Gasteiger partial charge in [-0.1, -0.05) is 6.92 Å². The summed E-state index contributed by atoms with van der Waals surface area (Å²) in [6, 6.07) is 0.468. The van der Waals surface area contributed by atoms with Crippen molar-refractivity contribution in [1.82, 2.24) is 15.5 Å². The lowest BCUT2D eigenvalue weighted by molar-refractivity contribution is -0.128. The van der Waals surface area contributed by atoms with E-state index in [1.807, 2.05) is 6.92 Å². The Morgan fingerprint density at radius 2 is 2.00 bits per heavy atom. The van der Waals surface area contributed by atoms with Gasteiger partial charge in [0.2, 0.25) is 5.91 Å². The van der Waals surface area contributed by atoms with E-state index in [9.17, 15) is 4.79 Å². The summed E-state index contributed by atoms with van der Waals surface area (Å²) < 4.78 is 0. The fourth-order valence-electron chi connectivity index (χ4n) is 2.24. The van der Waals surface area contributed by atoms with E-state index in [4.69, 9.17) is 0 Å². The molecule has 0 saturated carbocycles. The minimum atomic E-state index is -0.111. The lowest BCUT2D eigenvalue weighted by Crippen LogP contribution is -2.54. The minimum Gasteiger partial charge on any atom is -0.350 e. The number of rotatable bonds is 5. The zero-order valence-corrected chi connectivity index (χ0v) is 12.5. The summed E-state index contributed by atoms with van der Waals surface area (Å²) in [6.07, 6.45) is 3.21. The Morgan fingerprint density at radius 1 is 1.44 bits per heavy atom. The molecule has 0 aromatic rings. The fraction of sp³-hybridized carbons (Fsp3) is 0.929. The monoisotopic (exact) mass is 255 g/mol. The third-order valence-corrected chi connectivity index (χ3v) is 4.22. The molecule has 1 heterocycles. The Bertz CT molecular complexity index is 272. The molecule has 4 heteroatoms. The number of carbonyl (C=O) groups is 1. The minimum absolute atomic E-state index is 0.0566. The van der Waals surface area contributed by atoms with Crippen LogP contribution in [0.25, 0.3) is 0 Å². The Kier molecular flexibility index (Phi) is 5.60. The highest BCUT2D eigenvalue weighted by Crippen LogP contribution is 2.14. The maximum absolute atomic E-state index is 12.2. The second kappa shape index (κ2) is 6.53. The number of nitrogens with one attached hydrogen (secondary N) is 2. The Labute approximate surface area is 111 Å². The molecule has 0 bridgehead atoms. The van der Waals surface area contributed by atoms with Gasteiger partial charge in [0, 0.05) is 11.6 Å². The van der Waals surface area contributed by atoms with E-state index in [0.29, 0.717) is 6.04 Å². The van der Waals surface area contributed by atoms with Crippen molar-refractivity contribution < 1.29 is 4.79 Å². The van der Waals surface area contributed by atoms with Gasteiger partial charge in [-0.25, -0.2) is 0 Å². The van der Waals surface area contributed by atoms with Gasteiger partial charge in [0.05, 0.1) is 6.04 Å². The number of carbonyl (C=O) groups excluding carboxylic acids is 1. The quantitative estimate of drug-likeness (QED) is 0.780. The first-order valence-electron chi connectivity index (χ1n) is 7.12. The van der Waals surface area contributed by atoms with Crippen LogP contribution in [0.1, 0.15) is 47.0 Å². The molecule has 1 amide bonds. The van der Waals surface area contributed by atoms with Gasteiger partial charge in [-0.2, -0.15) is 0 Å². The SMILES string of the molecule is CCC(C)(C)NC(=O)C(C)N(C)C1CCNCC1. The number of hydrogen-bond donors (Lipinski definition) is 2. The Hall–Kier alpha value is -0.610. The molecule has 0 aromatic heterocycles. The molecule has 1 saturated heterocycles. The molecule has 1 unspecified atom stereocenters. The summed E-state index contributed by atoms with van der Waals surface area (Å²) in [7, 11) is 2.07. The van der Waals surface area contributed by atoms with E-state index in [-0.39, 0.29) is 17.5 Å². The highest BCUT2D eigenvalue weighted by atomic mass is 16.2. The highest BCUT2D eigenvalue weighted by Gasteiger charge is 2.28. The first kappa shape index (κ1) is 15.4. The van der Waals surface area contributed by atoms with Crippen LogP contribution in [-0.2, 0) is 4.79 Å². The molecule has 1 aliphatic rings. The molecule has 1 fully saturated rings. The van der Waals surface area contributed by atoms with Gasteiger partial charge >= 0.3 is 0 Å². The van der Waals surface area contributed by atoms with Crippen LogP contribution in [0.5, 0.6) is 0 Å². The topological polar surface area (TPSA) is 44.4 Å². The van der Waals surface area contributed by atoms with Gasteiger partial charge in [-0.3, -0.25) is 9.69 Å². The lowest BCUT2D eigenvalue weighted by Gasteiger charge is -2.36. The molecule has 0 radical (unpaired) electrons. The normalized spacial score (nSPS) is 19.9. The first-order valence-corrected chi connectivity index (χ1v) is 7.12. The molecule has 1 atom stereocenters. The van der Waals surface area contributed by atoms with E-state index in [2.05, 4.69) is 43.4 Å². The van der Waals surface area contributed by atoms with Gasteiger partial charge in [-0.15, -0.1) is 0 Å². The molecular weight excluding hydrogens is 226 g/mol. The predicted molar refractivity (Wildman–Crippen MR) is 75.6 cm³/mol. The number of piperidine rings is 1. The van der Waals surface area contributed by atoms with E-state index < -0.39 is 0 Å². The molecule has 2 N–H and O–H groups in total. The summed E-state index contributed by atoms with van der Waals surface area (Å²) >= 11 is 0. The van der Waals surface area contributed by atoms with Crippen molar-refractivity contribution in [2.75, 3.05) is 20.1 Å². The van der Waals surface area contributed by atoms with Crippen LogP contribution in [0.15, 0.2) is 0 Å². The zero-order chi connectivity index (χ0) is 13.8. The number of amides is 1. The molecule has 1 aliphatic heterocycles. The predicted octanol–water partition coefficient (Wildman–Crippen LogP) is 1.36. The second-order valence-electron chi connectivity index (χ2n) is 6.05. The van der Waals surface area contributed by atoms with Crippen molar-refractivity contribution in [2.24, 2.45) is 0 Å². The van der Waals surface area contributed by atoms with E-state index in [0.717, 1.165) is 32.4 Å². The summed E-state index contributed by atoms with van der Waals surface area (Å²) in [5.74, 6) is 0.142. The van der Waals surface area contributed by atoms with Crippen molar-refractivity contribution >= 4 is 5.91 Å². The van der Waals surface area contributed by atoms with Crippen LogP contribution in [-0.4, -0.2) is 48.6 Å². The first-order chi connectivity index (χ1) is 8.37. The van der Waals surface area contributed by atoms with Crippen LogP contribution < -0.4 is 10.6 Å². The molecule has 18 heavy (non-hydrogen) atoms. The van der Waals surface area contributed by atoms with Crippen LogP contribution in [0.4, 0.5) is 0 Å². The molecule has 0 aromatic carbocycles. The maximum Gasteiger partial charge on any atom is 0.237 e. The second-order valence-corrected chi connectivity index (χ2v) is 6.05. The fourth-order valence-corrected chi connectivity index (χ4v) is 2.24. The van der Waals surface area contributed by atoms with E-state index >= 15 is 0 Å². The van der Waals surface area contributed by atoms with Crippen LogP contribution >= 0.6 is 0 Å². The zero-order valence-electron chi connectivity index (χ0n) is 12.5. The Morgan fingerprint density at radius 3 is 2.50 bits per heavy atom. The molecule has 4 nitrogen and oxygen atoms in total. The average Bonchev–Trinajstić information content (AvgIpc) is 2.37. The van der Waals surface area contributed by atoms with Crippen molar-refractivity contribution in [3.63, 3.8) is 0 Å². The third kappa shape index (κ3) is 4.25. The van der Waals surface area contributed by atoms with Crippen molar-refractivity contribution in [1.29, 1.82) is 0 Å². The number of hydrogen-bond acceptors (Lipinski definition) is 3.